The Morgan fingerprint density at radius 2 is 1.32 bits per heavy atom. The Morgan fingerprint density at radius 1 is 0.824 bits per heavy atom. The van der Waals surface area contributed by atoms with Crippen LogP contribution in [0, 0.1) is 0 Å². The fourth-order valence-corrected chi connectivity index (χ4v) is 11.4. The van der Waals surface area contributed by atoms with Crippen molar-refractivity contribution >= 4 is 31.8 Å². The van der Waals surface area contributed by atoms with Crippen LogP contribution < -0.4 is 0 Å². The summed E-state index contributed by atoms with van der Waals surface area (Å²) in [6.07, 6.45) is 11.9. The van der Waals surface area contributed by atoms with Crippen molar-refractivity contribution in [3.8, 4) is 0 Å². The van der Waals surface area contributed by atoms with Crippen molar-refractivity contribution < 1.29 is 4.43 Å². The Labute approximate surface area is 219 Å². The highest BCUT2D eigenvalue weighted by molar-refractivity contribution is 8.17. The molecule has 1 nitrogen and oxygen atoms in total. The van der Waals surface area contributed by atoms with Crippen LogP contribution in [0.1, 0.15) is 71.6 Å². The molecule has 0 amide bonds. The first kappa shape index (κ1) is 29.3. The van der Waals surface area contributed by atoms with Gasteiger partial charge in [0.05, 0.1) is 4.58 Å². The summed E-state index contributed by atoms with van der Waals surface area (Å²) in [5.74, 6) is 0. The summed E-state index contributed by atoms with van der Waals surface area (Å²) in [4.78, 5) is 2.67. The molecule has 0 N–H and O–H groups in total. The van der Waals surface area contributed by atoms with Gasteiger partial charge in [0.25, 0.3) is 0 Å². The first-order valence-corrected chi connectivity index (χ1v) is 18.0. The van der Waals surface area contributed by atoms with E-state index < -0.39 is 8.32 Å². The summed E-state index contributed by atoms with van der Waals surface area (Å²) in [7, 11) is -1.87. The molecule has 0 aliphatic heterocycles. The molecular formula is C30H46OS2Si. The number of hydrogen-bond acceptors (Lipinski definition) is 3. The fraction of sp³-hybridized carbons (Fsp3) is 0.533. The molecule has 0 heterocycles. The number of hydrogen-bond donors (Lipinski definition) is 0. The first-order chi connectivity index (χ1) is 16.4. The summed E-state index contributed by atoms with van der Waals surface area (Å²) < 4.78 is 7.39. The number of benzene rings is 2. The quantitative estimate of drug-likeness (QED) is 0.0643. The molecule has 0 radical (unpaired) electrons. The molecular weight excluding hydrogens is 469 g/mol. The van der Waals surface area contributed by atoms with E-state index in [-0.39, 0.29) is 0 Å². The van der Waals surface area contributed by atoms with Gasteiger partial charge in [-0.3, -0.25) is 0 Å². The van der Waals surface area contributed by atoms with Crippen LogP contribution in [0.3, 0.4) is 0 Å². The molecule has 0 aliphatic carbocycles. The van der Waals surface area contributed by atoms with Crippen LogP contribution >= 0.6 is 23.5 Å². The van der Waals surface area contributed by atoms with Crippen LogP contribution in [0.25, 0.3) is 0 Å². The molecule has 0 spiro atoms. The molecule has 0 aliphatic rings. The minimum absolute atomic E-state index is 0.318. The molecule has 188 valence electrons. The van der Waals surface area contributed by atoms with Gasteiger partial charge in [-0.15, -0.1) is 30.1 Å². The van der Waals surface area contributed by atoms with E-state index in [1.54, 1.807) is 0 Å². The van der Waals surface area contributed by atoms with Gasteiger partial charge in [0, 0.05) is 15.9 Å². The molecule has 1 atom stereocenters. The third kappa shape index (κ3) is 13.2. The molecule has 0 saturated carbocycles. The third-order valence-electron chi connectivity index (χ3n) is 5.87. The van der Waals surface area contributed by atoms with Gasteiger partial charge in [-0.2, -0.15) is 0 Å². The summed E-state index contributed by atoms with van der Waals surface area (Å²) in [6, 6.07) is 22.8. The average Bonchev–Trinajstić information content (AvgIpc) is 2.78. The Hall–Kier alpha value is -0.943. The van der Waals surface area contributed by atoms with Gasteiger partial charge in [0.1, 0.15) is 0 Å². The normalized spacial score (nSPS) is 12.7. The van der Waals surface area contributed by atoms with Gasteiger partial charge < -0.3 is 4.43 Å². The summed E-state index contributed by atoms with van der Waals surface area (Å²) in [5, 5.41) is 0. The van der Waals surface area contributed by atoms with Crippen molar-refractivity contribution in [3.05, 3.63) is 72.8 Å². The van der Waals surface area contributed by atoms with Gasteiger partial charge in [0.15, 0.2) is 8.32 Å². The molecule has 1 unspecified atom stereocenters. The Balaban J connectivity index is 1.97. The minimum Gasteiger partial charge on any atom is -0.414 e. The molecule has 2 aromatic rings. The fourth-order valence-electron chi connectivity index (χ4n) is 4.23. The molecule has 0 saturated heterocycles. The monoisotopic (exact) mass is 514 g/mol. The predicted molar refractivity (Wildman–Crippen MR) is 158 cm³/mol. The second-order valence-corrected chi connectivity index (χ2v) is 17.1. The highest BCUT2D eigenvalue weighted by Crippen LogP contribution is 2.41. The molecule has 34 heavy (non-hydrogen) atoms. The first-order valence-electron chi connectivity index (χ1n) is 13.1. The topological polar surface area (TPSA) is 9.23 Å². The Bertz CT molecular complexity index is 752. The second kappa shape index (κ2) is 16.7. The lowest BCUT2D eigenvalue weighted by Crippen LogP contribution is -2.37. The highest BCUT2D eigenvalue weighted by Gasteiger charge is 2.31. The van der Waals surface area contributed by atoms with Crippen LogP contribution in [0.4, 0.5) is 0 Å². The Morgan fingerprint density at radius 3 is 1.82 bits per heavy atom. The van der Waals surface area contributed by atoms with E-state index in [0.29, 0.717) is 10.7 Å². The lowest BCUT2D eigenvalue weighted by molar-refractivity contribution is 0.177. The van der Waals surface area contributed by atoms with E-state index in [9.17, 15) is 0 Å². The lowest BCUT2D eigenvalue weighted by Gasteiger charge is -2.32. The molecule has 2 rings (SSSR count). The minimum atomic E-state index is -1.87. The van der Waals surface area contributed by atoms with Crippen molar-refractivity contribution in [3.63, 3.8) is 0 Å². The maximum Gasteiger partial charge on any atom is 0.189 e. The lowest BCUT2D eigenvalue weighted by atomic mass is 10.0. The van der Waals surface area contributed by atoms with Crippen molar-refractivity contribution in [1.82, 2.24) is 0 Å². The number of thioether (sulfide) groups is 2. The van der Waals surface area contributed by atoms with Crippen molar-refractivity contribution in [2.75, 3.05) is 0 Å². The highest BCUT2D eigenvalue weighted by atomic mass is 32.2. The molecule has 0 fully saturated rings. The molecule has 0 aromatic heterocycles. The van der Waals surface area contributed by atoms with E-state index in [4.69, 9.17) is 4.43 Å². The zero-order valence-electron chi connectivity index (χ0n) is 21.9. The zero-order valence-corrected chi connectivity index (χ0v) is 24.6. The maximum atomic E-state index is 6.95. The van der Waals surface area contributed by atoms with Crippen molar-refractivity contribution in [1.29, 1.82) is 0 Å². The predicted octanol–water partition coefficient (Wildman–Crippen LogP) is 10.6. The van der Waals surface area contributed by atoms with E-state index >= 15 is 0 Å². The van der Waals surface area contributed by atoms with E-state index in [0.717, 1.165) is 12.5 Å². The van der Waals surface area contributed by atoms with Crippen molar-refractivity contribution in [2.24, 2.45) is 0 Å². The van der Waals surface area contributed by atoms with E-state index in [1.807, 2.05) is 23.5 Å². The second-order valence-electron chi connectivity index (χ2n) is 10.1. The van der Waals surface area contributed by atoms with Crippen LogP contribution in [-0.4, -0.2) is 19.0 Å². The number of unbranched alkanes of at least 4 members (excludes halogenated alkanes) is 6. The largest absolute Gasteiger partial charge is 0.414 e. The van der Waals surface area contributed by atoms with E-state index in [1.165, 1.54) is 66.7 Å². The maximum absolute atomic E-state index is 6.95. The standard InChI is InChI=1S/C30H46OS2Si/c1-6-7-8-9-10-11-14-19-27(24-26(2)3)31-34(4,5)25-30(32-28-20-15-12-16-21-28)33-29-22-17-13-18-23-29/h12-13,15-18,20-23,27,30H,2,6-11,14,19,24-25H2,1,3-5H3. The Kier molecular flexibility index (Phi) is 14.4. The number of rotatable bonds is 18. The smallest absolute Gasteiger partial charge is 0.189 e. The molecule has 2 aromatic carbocycles. The summed E-state index contributed by atoms with van der Waals surface area (Å²) in [6.45, 7) is 13.5. The van der Waals surface area contributed by atoms with Crippen LogP contribution in [-0.2, 0) is 4.43 Å². The van der Waals surface area contributed by atoms with Gasteiger partial charge in [0.2, 0.25) is 0 Å². The molecule has 0 bridgehead atoms. The van der Waals surface area contributed by atoms with Crippen molar-refractivity contribution in [2.45, 2.75) is 111 Å². The van der Waals surface area contributed by atoms with Gasteiger partial charge >= 0.3 is 0 Å². The van der Waals surface area contributed by atoms with E-state index in [2.05, 4.69) is 94.2 Å². The molecule has 4 heteroatoms. The third-order valence-corrected chi connectivity index (χ3v) is 11.4. The van der Waals surface area contributed by atoms with Crippen LogP contribution in [0.2, 0.25) is 19.1 Å². The zero-order chi connectivity index (χ0) is 24.7. The van der Waals surface area contributed by atoms with Gasteiger partial charge in [-0.25, -0.2) is 0 Å². The van der Waals surface area contributed by atoms with Gasteiger partial charge in [-0.05, 0) is 63.2 Å². The summed E-state index contributed by atoms with van der Waals surface area (Å²) >= 11 is 3.96. The van der Waals surface area contributed by atoms with Crippen LogP contribution in [0.15, 0.2) is 82.6 Å². The SMILES string of the molecule is C=C(C)CC(CCCCCCCCC)O[Si](C)(C)CC(Sc1ccccc1)Sc1ccccc1. The van der Waals surface area contributed by atoms with Gasteiger partial charge in [-0.1, -0.05) is 93.8 Å². The average molecular weight is 515 g/mol. The van der Waals surface area contributed by atoms with Crippen LogP contribution in [0.5, 0.6) is 0 Å². The summed E-state index contributed by atoms with van der Waals surface area (Å²) in [5.41, 5.74) is 1.24.